The molecule has 0 bridgehead atoms. The number of hydrogen-bond donors (Lipinski definition) is 2. The zero-order valence-corrected chi connectivity index (χ0v) is 11.1. The van der Waals surface area contributed by atoms with Crippen molar-refractivity contribution in [2.45, 2.75) is 25.8 Å². The molecule has 0 aromatic heterocycles. The smallest absolute Gasteiger partial charge is 0.770 e. The summed E-state index contributed by atoms with van der Waals surface area (Å²) in [7, 11) is 0. The fraction of sp³-hybridized carbons (Fsp3) is 1.00. The molecule has 0 aliphatic heterocycles. The van der Waals surface area contributed by atoms with Crippen LogP contribution in [0.5, 0.6) is 0 Å². The van der Waals surface area contributed by atoms with Gasteiger partial charge in [0, 0.05) is 11.8 Å². The van der Waals surface area contributed by atoms with Crippen LogP contribution in [0.3, 0.4) is 0 Å². The maximum atomic E-state index is 10.2. The molecule has 0 saturated carbocycles. The van der Waals surface area contributed by atoms with Gasteiger partial charge in [-0.15, -0.1) is 0 Å². The Morgan fingerprint density at radius 3 is 2.58 bits per heavy atom. The second-order valence-corrected chi connectivity index (χ2v) is 6.00. The molecule has 0 fully saturated rings. The Labute approximate surface area is 98.9 Å². The molecular weight excluding hydrogens is 208 g/mol. The van der Waals surface area contributed by atoms with E-state index in [9.17, 15) is 9.46 Å². The van der Waals surface area contributed by atoms with E-state index in [0.717, 1.165) is 12.8 Å². The molecule has 68 valence electrons. The van der Waals surface area contributed by atoms with E-state index in [1.54, 1.807) is 0 Å². The summed E-state index contributed by atoms with van der Waals surface area (Å²) < 4.78 is 10.2. The first kappa shape index (κ1) is 15.9. The minimum Gasteiger partial charge on any atom is -0.770 e. The average molecular weight is 221 g/mol. The Hall–Kier alpha value is 1.46. The summed E-state index contributed by atoms with van der Waals surface area (Å²) in [5.74, 6) is 0.269. The molecule has 0 aliphatic rings. The summed E-state index contributed by atoms with van der Waals surface area (Å²) in [6.45, 7) is -2.18. The van der Waals surface area contributed by atoms with E-state index in [-0.39, 0.29) is 41.4 Å². The van der Waals surface area contributed by atoms with Gasteiger partial charge in [-0.2, -0.15) is 0 Å². The molecule has 0 aromatic rings. The fourth-order valence-corrected chi connectivity index (χ4v) is 2.33. The largest absolute Gasteiger partial charge is 1.00 e. The minimum atomic E-state index is -4.16. The van der Waals surface area contributed by atoms with Crippen LogP contribution in [0.15, 0.2) is 0 Å². The molecule has 0 saturated heterocycles. The van der Waals surface area contributed by atoms with Crippen molar-refractivity contribution in [1.29, 1.82) is 0 Å². The van der Waals surface area contributed by atoms with Crippen molar-refractivity contribution in [3.8, 4) is 0 Å². The van der Waals surface area contributed by atoms with Gasteiger partial charge < -0.3 is 15.5 Å². The van der Waals surface area contributed by atoms with Crippen LogP contribution in [0.25, 0.3) is 0 Å². The van der Waals surface area contributed by atoms with E-state index in [1.165, 1.54) is 0 Å². The first-order chi connectivity index (χ1) is 4.95. The van der Waals surface area contributed by atoms with Gasteiger partial charge in [-0.1, -0.05) is 24.7 Å². The molecule has 2 atom stereocenters. The van der Waals surface area contributed by atoms with Crippen LogP contribution in [0.1, 0.15) is 19.8 Å². The fourth-order valence-electron chi connectivity index (χ4n) is 0.644. The monoisotopic (exact) mass is 221 g/mol. The first-order valence-corrected chi connectivity index (χ1v) is 6.56. The summed E-state index contributed by atoms with van der Waals surface area (Å²) >= 11 is 0.512. The van der Waals surface area contributed by atoms with Crippen LogP contribution in [-0.4, -0.2) is 16.7 Å². The van der Waals surface area contributed by atoms with Crippen molar-refractivity contribution in [1.82, 2.24) is 0 Å². The van der Waals surface area contributed by atoms with Crippen LogP contribution >= 0.6 is 18.2 Å². The Balaban J connectivity index is 0. The topological polar surface area (TPSA) is 86.4 Å². The predicted octanol–water partition coefficient (Wildman–Crippen LogP) is -2.69. The standard InChI is InChI=1S/C5H14NO3PS.Na/c1-2-3-5(6)4-11-10(7,8)9;/h5H,2-4,6H2,1H3,(H2,7,8,9);/q;+1/p-1. The van der Waals surface area contributed by atoms with Gasteiger partial charge in [-0.3, -0.25) is 4.57 Å². The van der Waals surface area contributed by atoms with E-state index < -0.39 is 6.80 Å². The summed E-state index contributed by atoms with van der Waals surface area (Å²) in [4.78, 5) is 18.6. The Morgan fingerprint density at radius 1 is 1.75 bits per heavy atom. The van der Waals surface area contributed by atoms with Gasteiger partial charge in [0.15, 0.2) is 6.80 Å². The van der Waals surface area contributed by atoms with Crippen LogP contribution in [0.4, 0.5) is 0 Å². The molecule has 7 heteroatoms. The molecule has 4 nitrogen and oxygen atoms in total. The Bertz CT molecular complexity index is 154. The quantitative estimate of drug-likeness (QED) is 0.390. The molecule has 0 spiro atoms. The Kier molecular flexibility index (Phi) is 10.4. The molecule has 0 amide bonds. The van der Waals surface area contributed by atoms with E-state index in [2.05, 4.69) is 0 Å². The zero-order chi connectivity index (χ0) is 8.91. The van der Waals surface area contributed by atoms with Gasteiger partial charge in [0.05, 0.1) is 0 Å². The van der Waals surface area contributed by atoms with Crippen LogP contribution in [0.2, 0.25) is 0 Å². The van der Waals surface area contributed by atoms with Crippen LogP contribution in [-0.2, 0) is 4.57 Å². The van der Waals surface area contributed by atoms with E-state index >= 15 is 0 Å². The number of hydrogen-bond acceptors (Lipinski definition) is 4. The number of nitrogens with two attached hydrogens (primary N) is 1. The van der Waals surface area contributed by atoms with Gasteiger partial charge in [0.25, 0.3) is 0 Å². The number of rotatable bonds is 5. The third-order valence-electron chi connectivity index (χ3n) is 1.11. The summed E-state index contributed by atoms with van der Waals surface area (Å²) in [5.41, 5.74) is 5.50. The van der Waals surface area contributed by atoms with Crippen molar-refractivity contribution in [2.24, 2.45) is 5.73 Å². The van der Waals surface area contributed by atoms with Crippen molar-refractivity contribution in [2.75, 3.05) is 5.75 Å². The molecule has 0 aromatic carbocycles. The SMILES string of the molecule is CCCC(N)CSP(=O)([O-])O.[Na+]. The normalized spacial score (nSPS) is 17.7. The summed E-state index contributed by atoms with van der Waals surface area (Å²) in [6.07, 6.45) is 1.71. The van der Waals surface area contributed by atoms with Crippen LogP contribution < -0.4 is 40.2 Å². The summed E-state index contributed by atoms with van der Waals surface area (Å²) in [5, 5.41) is 0. The van der Waals surface area contributed by atoms with Gasteiger partial charge >= 0.3 is 29.6 Å². The van der Waals surface area contributed by atoms with E-state index in [1.807, 2.05) is 6.92 Å². The second kappa shape index (κ2) is 7.83. The van der Waals surface area contributed by atoms with E-state index in [0.29, 0.717) is 11.4 Å². The molecule has 2 unspecified atom stereocenters. The second-order valence-electron chi connectivity index (χ2n) is 2.31. The predicted molar refractivity (Wildman–Crippen MR) is 45.2 cm³/mol. The third kappa shape index (κ3) is 11.5. The van der Waals surface area contributed by atoms with Gasteiger partial charge in [-0.25, -0.2) is 0 Å². The zero-order valence-electron chi connectivity index (χ0n) is 7.40. The molecule has 12 heavy (non-hydrogen) atoms. The molecule has 0 aliphatic carbocycles. The summed E-state index contributed by atoms with van der Waals surface area (Å²) in [6, 6.07) is -0.139. The minimum absolute atomic E-state index is 0. The average Bonchev–Trinajstić information content (AvgIpc) is 1.83. The van der Waals surface area contributed by atoms with Crippen molar-refractivity contribution in [3.63, 3.8) is 0 Å². The van der Waals surface area contributed by atoms with E-state index in [4.69, 9.17) is 10.6 Å². The molecular formula is C5H13NNaO3PS. The van der Waals surface area contributed by atoms with Gasteiger partial charge in [0.1, 0.15) is 0 Å². The molecule has 3 N–H and O–H groups in total. The van der Waals surface area contributed by atoms with Crippen LogP contribution in [0, 0.1) is 0 Å². The molecule has 0 heterocycles. The van der Waals surface area contributed by atoms with Crippen molar-refractivity contribution >= 4 is 18.2 Å². The first-order valence-electron chi connectivity index (χ1n) is 3.39. The van der Waals surface area contributed by atoms with Crippen molar-refractivity contribution < 1.29 is 43.9 Å². The van der Waals surface area contributed by atoms with Gasteiger partial charge in [-0.05, 0) is 6.42 Å². The molecule has 0 radical (unpaired) electrons. The maximum Gasteiger partial charge on any atom is 1.00 e. The Morgan fingerprint density at radius 2 is 2.25 bits per heavy atom. The maximum absolute atomic E-state index is 10.2. The molecule has 0 rings (SSSR count). The van der Waals surface area contributed by atoms with Gasteiger partial charge in [0.2, 0.25) is 0 Å². The van der Waals surface area contributed by atoms with Crippen molar-refractivity contribution in [3.05, 3.63) is 0 Å². The third-order valence-corrected chi connectivity index (χ3v) is 3.44.